The number of aromatic nitrogens is 1. The second-order valence-electron chi connectivity index (χ2n) is 4.19. The summed E-state index contributed by atoms with van der Waals surface area (Å²) in [5.74, 6) is 1.31. The van der Waals surface area contributed by atoms with Crippen molar-refractivity contribution >= 4 is 17.2 Å². The minimum Gasteiger partial charge on any atom is -0.459 e. The average Bonchev–Trinajstić information content (AvgIpc) is 2.85. The molecule has 0 aliphatic heterocycles. The minimum atomic E-state index is -0.338. The first-order valence-electron chi connectivity index (χ1n) is 5.52. The van der Waals surface area contributed by atoms with E-state index in [-0.39, 0.29) is 12.5 Å². The molecule has 2 aromatic heterocycles. The van der Waals surface area contributed by atoms with Crippen molar-refractivity contribution in [1.82, 2.24) is 9.88 Å². The number of primary amides is 1. The van der Waals surface area contributed by atoms with Gasteiger partial charge in [-0.25, -0.2) is 4.98 Å². The van der Waals surface area contributed by atoms with Crippen LogP contribution in [0.25, 0.3) is 10.8 Å². The van der Waals surface area contributed by atoms with E-state index in [1.807, 2.05) is 36.4 Å². The Hall–Kier alpha value is -1.66. The highest BCUT2D eigenvalue weighted by Crippen LogP contribution is 2.25. The van der Waals surface area contributed by atoms with Gasteiger partial charge in [-0.3, -0.25) is 9.69 Å². The predicted molar refractivity (Wildman–Crippen MR) is 70.1 cm³/mol. The summed E-state index contributed by atoms with van der Waals surface area (Å²) in [6, 6.07) is 3.82. The molecule has 5 nitrogen and oxygen atoms in total. The molecule has 2 N–H and O–H groups in total. The summed E-state index contributed by atoms with van der Waals surface area (Å²) in [5, 5.41) is 2.82. The molecule has 0 saturated heterocycles. The van der Waals surface area contributed by atoms with Crippen molar-refractivity contribution in [3.8, 4) is 10.8 Å². The van der Waals surface area contributed by atoms with E-state index in [9.17, 15) is 4.79 Å². The maximum absolute atomic E-state index is 10.8. The third-order valence-corrected chi connectivity index (χ3v) is 3.27. The zero-order valence-electron chi connectivity index (χ0n) is 10.3. The normalized spacial score (nSPS) is 11.1. The highest BCUT2D eigenvalue weighted by molar-refractivity contribution is 7.13. The van der Waals surface area contributed by atoms with Crippen molar-refractivity contribution in [2.24, 2.45) is 5.73 Å². The number of furan rings is 1. The van der Waals surface area contributed by atoms with Gasteiger partial charge >= 0.3 is 0 Å². The molecule has 2 rings (SSSR count). The second kappa shape index (κ2) is 5.32. The first-order valence-corrected chi connectivity index (χ1v) is 6.40. The molecule has 0 radical (unpaired) electrons. The maximum Gasteiger partial charge on any atom is 0.231 e. The standard InChI is InChI=1S/C12H15N3O2S/c1-8-3-4-10(17-8)12-14-9(7-18-12)5-15(2)6-11(13)16/h3-4,7H,5-6H2,1-2H3,(H2,13,16). The van der Waals surface area contributed by atoms with Gasteiger partial charge in [0.15, 0.2) is 10.8 Å². The van der Waals surface area contributed by atoms with Crippen LogP contribution in [0.1, 0.15) is 11.5 Å². The zero-order valence-corrected chi connectivity index (χ0v) is 11.2. The lowest BCUT2D eigenvalue weighted by molar-refractivity contribution is -0.118. The van der Waals surface area contributed by atoms with Gasteiger partial charge in [0.1, 0.15) is 5.76 Å². The lowest BCUT2D eigenvalue weighted by Gasteiger charge is -2.11. The number of aryl methyl sites for hydroxylation is 1. The third-order valence-electron chi connectivity index (χ3n) is 2.36. The Labute approximate surface area is 109 Å². The van der Waals surface area contributed by atoms with Crippen LogP contribution in [0.5, 0.6) is 0 Å². The maximum atomic E-state index is 10.8. The number of hydrogen-bond donors (Lipinski definition) is 1. The number of hydrogen-bond acceptors (Lipinski definition) is 5. The fourth-order valence-corrected chi connectivity index (χ4v) is 2.41. The first-order chi connectivity index (χ1) is 8.54. The summed E-state index contributed by atoms with van der Waals surface area (Å²) in [7, 11) is 1.83. The van der Waals surface area contributed by atoms with Crippen LogP contribution in [0, 0.1) is 6.92 Å². The Balaban J connectivity index is 2.04. The van der Waals surface area contributed by atoms with Gasteiger partial charge in [0.05, 0.1) is 12.2 Å². The SMILES string of the molecule is Cc1ccc(-c2nc(CN(C)CC(N)=O)cs2)o1. The van der Waals surface area contributed by atoms with Gasteiger partial charge in [-0.2, -0.15) is 0 Å². The average molecular weight is 265 g/mol. The van der Waals surface area contributed by atoms with Gasteiger partial charge in [-0.05, 0) is 26.1 Å². The molecular weight excluding hydrogens is 250 g/mol. The van der Waals surface area contributed by atoms with Crippen LogP contribution in [-0.4, -0.2) is 29.4 Å². The summed E-state index contributed by atoms with van der Waals surface area (Å²) >= 11 is 1.53. The monoisotopic (exact) mass is 265 g/mol. The lowest BCUT2D eigenvalue weighted by Crippen LogP contribution is -2.30. The topological polar surface area (TPSA) is 72.4 Å². The van der Waals surface area contributed by atoms with Crippen LogP contribution in [0.15, 0.2) is 21.9 Å². The molecule has 2 aromatic rings. The fraction of sp³-hybridized carbons (Fsp3) is 0.333. The van der Waals surface area contributed by atoms with E-state index in [2.05, 4.69) is 4.98 Å². The highest BCUT2D eigenvalue weighted by Gasteiger charge is 2.10. The predicted octanol–water partition coefficient (Wildman–Crippen LogP) is 1.63. The second-order valence-corrected chi connectivity index (χ2v) is 5.05. The van der Waals surface area contributed by atoms with Crippen molar-refractivity contribution < 1.29 is 9.21 Å². The molecule has 96 valence electrons. The van der Waals surface area contributed by atoms with Crippen molar-refractivity contribution in [3.05, 3.63) is 29.0 Å². The van der Waals surface area contributed by atoms with Crippen LogP contribution in [0.3, 0.4) is 0 Å². The van der Waals surface area contributed by atoms with Crippen molar-refractivity contribution in [2.75, 3.05) is 13.6 Å². The largest absolute Gasteiger partial charge is 0.459 e. The summed E-state index contributed by atoms with van der Waals surface area (Å²) in [6.45, 7) is 2.73. The number of amides is 1. The number of thiazole rings is 1. The van der Waals surface area contributed by atoms with Gasteiger partial charge in [0, 0.05) is 11.9 Å². The van der Waals surface area contributed by atoms with Crippen LogP contribution >= 0.6 is 11.3 Å². The van der Waals surface area contributed by atoms with E-state index < -0.39 is 0 Å². The van der Waals surface area contributed by atoms with Crippen LogP contribution < -0.4 is 5.73 Å². The molecule has 18 heavy (non-hydrogen) atoms. The quantitative estimate of drug-likeness (QED) is 0.891. The van der Waals surface area contributed by atoms with E-state index in [4.69, 9.17) is 10.2 Å². The Bertz CT molecular complexity index is 547. The van der Waals surface area contributed by atoms with E-state index in [1.165, 1.54) is 11.3 Å². The van der Waals surface area contributed by atoms with Gasteiger partial charge in [-0.1, -0.05) is 0 Å². The summed E-state index contributed by atoms with van der Waals surface area (Å²) < 4.78 is 5.51. The highest BCUT2D eigenvalue weighted by atomic mass is 32.1. The summed E-state index contributed by atoms with van der Waals surface area (Å²) in [4.78, 5) is 17.1. The van der Waals surface area contributed by atoms with Gasteiger partial charge in [-0.15, -0.1) is 11.3 Å². The van der Waals surface area contributed by atoms with Gasteiger partial charge in [0.2, 0.25) is 5.91 Å². The molecule has 6 heteroatoms. The van der Waals surface area contributed by atoms with Crippen LogP contribution in [-0.2, 0) is 11.3 Å². The smallest absolute Gasteiger partial charge is 0.231 e. The molecule has 0 bridgehead atoms. The van der Waals surface area contributed by atoms with Gasteiger partial charge in [0.25, 0.3) is 0 Å². The van der Waals surface area contributed by atoms with Gasteiger partial charge < -0.3 is 10.2 Å². The van der Waals surface area contributed by atoms with E-state index >= 15 is 0 Å². The number of nitrogens with zero attached hydrogens (tertiary/aromatic N) is 2. The summed E-state index contributed by atoms with van der Waals surface area (Å²) in [5.41, 5.74) is 6.04. The van der Waals surface area contributed by atoms with Crippen LogP contribution in [0.2, 0.25) is 0 Å². The molecule has 0 aromatic carbocycles. The molecule has 1 amide bonds. The Morgan fingerprint density at radius 2 is 2.33 bits per heavy atom. The van der Waals surface area contributed by atoms with E-state index in [1.54, 1.807) is 0 Å². The first kappa shape index (κ1) is 12.8. The molecule has 2 heterocycles. The van der Waals surface area contributed by atoms with E-state index in [0.717, 1.165) is 22.2 Å². The minimum absolute atomic E-state index is 0.229. The van der Waals surface area contributed by atoms with Crippen molar-refractivity contribution in [1.29, 1.82) is 0 Å². The lowest BCUT2D eigenvalue weighted by atomic mass is 10.4. The molecule has 0 aliphatic carbocycles. The number of likely N-dealkylation sites (N-methyl/N-ethyl adjacent to an activating group) is 1. The number of carbonyl (C=O) groups excluding carboxylic acids is 1. The Morgan fingerprint density at radius 3 is 2.94 bits per heavy atom. The molecule has 0 aliphatic rings. The third kappa shape index (κ3) is 3.18. The summed E-state index contributed by atoms with van der Waals surface area (Å²) in [6.07, 6.45) is 0. The number of nitrogens with two attached hydrogens (primary N) is 1. The Morgan fingerprint density at radius 1 is 1.56 bits per heavy atom. The zero-order chi connectivity index (χ0) is 13.1. The number of rotatable bonds is 5. The van der Waals surface area contributed by atoms with Crippen LogP contribution in [0.4, 0.5) is 0 Å². The van der Waals surface area contributed by atoms with Crippen molar-refractivity contribution in [3.63, 3.8) is 0 Å². The molecule has 0 atom stereocenters. The van der Waals surface area contributed by atoms with E-state index in [0.29, 0.717) is 6.54 Å². The fourth-order valence-electron chi connectivity index (χ4n) is 1.64. The molecule has 0 fully saturated rings. The molecule has 0 spiro atoms. The molecule has 0 saturated carbocycles. The van der Waals surface area contributed by atoms with Crippen molar-refractivity contribution in [2.45, 2.75) is 13.5 Å². The Kier molecular flexibility index (Phi) is 3.78. The number of carbonyl (C=O) groups is 1. The molecular formula is C12H15N3O2S. The molecule has 0 unspecified atom stereocenters.